The first kappa shape index (κ1) is 16.8. The molecule has 0 aliphatic carbocycles. The van der Waals surface area contributed by atoms with Crippen molar-refractivity contribution in [1.29, 1.82) is 0 Å². The van der Waals surface area contributed by atoms with Crippen molar-refractivity contribution in [2.75, 3.05) is 32.9 Å². The van der Waals surface area contributed by atoms with E-state index in [0.717, 1.165) is 25.1 Å². The maximum absolute atomic E-state index is 12.2. The number of rotatable bonds is 7. The molecule has 2 atom stereocenters. The highest BCUT2D eigenvalue weighted by atomic mass is 16.5. The maximum Gasteiger partial charge on any atom is 0.248 e. The van der Waals surface area contributed by atoms with E-state index in [1.54, 1.807) is 0 Å². The summed E-state index contributed by atoms with van der Waals surface area (Å²) in [5.74, 6) is 1.48. The molecule has 1 fully saturated rings. The van der Waals surface area contributed by atoms with Gasteiger partial charge in [0.2, 0.25) is 5.91 Å². The first-order chi connectivity index (χ1) is 10.7. The number of nitrogens with two attached hydrogens (primary N) is 1. The lowest BCUT2D eigenvalue weighted by atomic mass is 9.92. The maximum atomic E-state index is 12.2. The molecular formula is C17H26N2O3. The van der Waals surface area contributed by atoms with E-state index in [9.17, 15) is 4.79 Å². The average Bonchev–Trinajstić information content (AvgIpc) is 2.55. The molecule has 22 heavy (non-hydrogen) atoms. The van der Waals surface area contributed by atoms with Gasteiger partial charge in [0, 0.05) is 19.1 Å². The fraction of sp³-hybridized carbons (Fsp3) is 0.588. The number of likely N-dealkylation sites (tertiary alicyclic amines) is 1. The Labute approximate surface area is 132 Å². The molecule has 1 aliphatic rings. The number of hydrogen-bond acceptors (Lipinski definition) is 4. The summed E-state index contributed by atoms with van der Waals surface area (Å²) in [6, 6.07) is 9.72. The molecule has 2 unspecified atom stereocenters. The number of amides is 1. The minimum absolute atomic E-state index is 0.0297. The molecular weight excluding hydrogens is 280 g/mol. The lowest BCUT2D eigenvalue weighted by Crippen LogP contribution is -2.50. The molecule has 0 saturated carbocycles. The molecule has 1 heterocycles. The normalized spacial score (nSPS) is 21.6. The van der Waals surface area contributed by atoms with Crippen molar-refractivity contribution < 1.29 is 14.3 Å². The van der Waals surface area contributed by atoms with E-state index in [4.69, 9.17) is 15.2 Å². The van der Waals surface area contributed by atoms with Crippen LogP contribution in [0.2, 0.25) is 0 Å². The molecule has 5 heteroatoms. The van der Waals surface area contributed by atoms with Gasteiger partial charge in [-0.1, -0.05) is 25.1 Å². The zero-order chi connectivity index (χ0) is 15.8. The van der Waals surface area contributed by atoms with Crippen LogP contribution in [-0.2, 0) is 9.53 Å². The third-order valence-electron chi connectivity index (χ3n) is 4.04. The number of para-hydroxylation sites is 1. The molecule has 5 nitrogen and oxygen atoms in total. The van der Waals surface area contributed by atoms with Gasteiger partial charge in [0.15, 0.2) is 0 Å². The minimum atomic E-state index is 0.0297. The topological polar surface area (TPSA) is 64.8 Å². The summed E-state index contributed by atoms with van der Waals surface area (Å²) in [6.07, 6.45) is 2.03. The summed E-state index contributed by atoms with van der Waals surface area (Å²) >= 11 is 0. The van der Waals surface area contributed by atoms with Crippen LogP contribution < -0.4 is 10.5 Å². The van der Waals surface area contributed by atoms with Gasteiger partial charge in [0.25, 0.3) is 0 Å². The summed E-state index contributed by atoms with van der Waals surface area (Å²) in [5, 5.41) is 0. The number of piperidine rings is 1. The zero-order valence-corrected chi connectivity index (χ0v) is 13.2. The molecule has 0 spiro atoms. The van der Waals surface area contributed by atoms with Crippen LogP contribution in [0.5, 0.6) is 5.75 Å². The van der Waals surface area contributed by atoms with Gasteiger partial charge in [-0.2, -0.15) is 0 Å². The van der Waals surface area contributed by atoms with Crippen LogP contribution in [-0.4, -0.2) is 49.8 Å². The van der Waals surface area contributed by atoms with Crippen molar-refractivity contribution in [2.45, 2.75) is 25.8 Å². The standard InChI is InChI=1S/C17H26N2O3/c1-14-7-8-19(15(11-14)12-18)17(20)13-21-9-10-22-16-5-3-2-4-6-16/h2-6,14-15H,7-13,18H2,1H3. The Kier molecular flexibility index (Phi) is 6.68. The second kappa shape index (κ2) is 8.76. The number of nitrogens with zero attached hydrogens (tertiary/aromatic N) is 1. The smallest absolute Gasteiger partial charge is 0.248 e. The number of carbonyl (C=O) groups excluding carboxylic acids is 1. The lowest BCUT2D eigenvalue weighted by Gasteiger charge is -2.37. The van der Waals surface area contributed by atoms with Crippen molar-refractivity contribution in [2.24, 2.45) is 11.7 Å². The van der Waals surface area contributed by atoms with Gasteiger partial charge in [-0.05, 0) is 30.9 Å². The van der Waals surface area contributed by atoms with Gasteiger partial charge in [-0.3, -0.25) is 4.79 Å². The van der Waals surface area contributed by atoms with E-state index < -0.39 is 0 Å². The minimum Gasteiger partial charge on any atom is -0.491 e. The van der Waals surface area contributed by atoms with E-state index in [1.165, 1.54) is 0 Å². The molecule has 122 valence electrons. The van der Waals surface area contributed by atoms with E-state index >= 15 is 0 Å². The highest BCUT2D eigenvalue weighted by Gasteiger charge is 2.28. The van der Waals surface area contributed by atoms with Gasteiger partial charge in [-0.15, -0.1) is 0 Å². The van der Waals surface area contributed by atoms with Crippen molar-refractivity contribution in [1.82, 2.24) is 4.90 Å². The molecule has 1 aromatic rings. The third kappa shape index (κ3) is 5.00. The van der Waals surface area contributed by atoms with Gasteiger partial charge < -0.3 is 20.1 Å². The van der Waals surface area contributed by atoms with Gasteiger partial charge in [-0.25, -0.2) is 0 Å². The zero-order valence-electron chi connectivity index (χ0n) is 13.2. The lowest BCUT2D eigenvalue weighted by molar-refractivity contribution is -0.140. The van der Waals surface area contributed by atoms with Crippen LogP contribution in [0.1, 0.15) is 19.8 Å². The average molecular weight is 306 g/mol. The van der Waals surface area contributed by atoms with Crippen LogP contribution in [0.3, 0.4) is 0 Å². The summed E-state index contributed by atoms with van der Waals surface area (Å²) in [4.78, 5) is 14.1. The summed E-state index contributed by atoms with van der Waals surface area (Å²) in [7, 11) is 0. The van der Waals surface area contributed by atoms with Crippen molar-refractivity contribution in [3.8, 4) is 5.75 Å². The van der Waals surface area contributed by atoms with Gasteiger partial charge in [0.1, 0.15) is 19.0 Å². The molecule has 2 rings (SSSR count). The van der Waals surface area contributed by atoms with Crippen molar-refractivity contribution in [3.05, 3.63) is 30.3 Å². The second-order valence-corrected chi connectivity index (χ2v) is 5.82. The van der Waals surface area contributed by atoms with E-state index in [0.29, 0.717) is 25.7 Å². The number of hydrogen-bond donors (Lipinski definition) is 1. The quantitative estimate of drug-likeness (QED) is 0.778. The van der Waals surface area contributed by atoms with Crippen LogP contribution in [0.15, 0.2) is 30.3 Å². The molecule has 0 bridgehead atoms. The summed E-state index contributed by atoms with van der Waals surface area (Å²) < 4.78 is 11.0. The summed E-state index contributed by atoms with van der Waals surface area (Å²) in [5.41, 5.74) is 5.78. The Bertz CT molecular complexity index is 452. The highest BCUT2D eigenvalue weighted by Crippen LogP contribution is 2.21. The Morgan fingerprint density at radius 3 is 2.82 bits per heavy atom. The van der Waals surface area contributed by atoms with Crippen molar-refractivity contribution >= 4 is 5.91 Å². The van der Waals surface area contributed by atoms with Crippen molar-refractivity contribution in [3.63, 3.8) is 0 Å². The Morgan fingerprint density at radius 2 is 2.09 bits per heavy atom. The predicted octanol–water partition coefficient (Wildman–Crippen LogP) is 1.67. The van der Waals surface area contributed by atoms with E-state index in [1.807, 2.05) is 35.2 Å². The fourth-order valence-corrected chi connectivity index (χ4v) is 2.78. The van der Waals surface area contributed by atoms with Crippen LogP contribution in [0.25, 0.3) is 0 Å². The predicted molar refractivity (Wildman–Crippen MR) is 85.7 cm³/mol. The Morgan fingerprint density at radius 1 is 1.32 bits per heavy atom. The molecule has 1 aromatic carbocycles. The van der Waals surface area contributed by atoms with E-state index in [2.05, 4.69) is 6.92 Å². The second-order valence-electron chi connectivity index (χ2n) is 5.82. The van der Waals surface area contributed by atoms with Gasteiger partial charge >= 0.3 is 0 Å². The SMILES string of the molecule is CC1CCN(C(=O)COCCOc2ccccc2)C(CN)C1. The number of ether oxygens (including phenoxy) is 2. The first-order valence-electron chi connectivity index (χ1n) is 7.96. The van der Waals surface area contributed by atoms with Gasteiger partial charge in [0.05, 0.1) is 6.61 Å². The first-order valence-corrected chi connectivity index (χ1v) is 7.96. The molecule has 1 aliphatic heterocycles. The van der Waals surface area contributed by atoms with Crippen LogP contribution in [0, 0.1) is 5.92 Å². The molecule has 1 amide bonds. The summed E-state index contributed by atoms with van der Waals surface area (Å²) in [6.45, 7) is 4.46. The molecule has 0 aromatic heterocycles. The molecule has 0 radical (unpaired) electrons. The Balaban J connectivity index is 1.65. The third-order valence-corrected chi connectivity index (χ3v) is 4.04. The molecule has 2 N–H and O–H groups in total. The monoisotopic (exact) mass is 306 g/mol. The fourth-order valence-electron chi connectivity index (χ4n) is 2.78. The van der Waals surface area contributed by atoms with Crippen LogP contribution in [0.4, 0.5) is 0 Å². The largest absolute Gasteiger partial charge is 0.491 e. The Hall–Kier alpha value is -1.59. The highest BCUT2D eigenvalue weighted by molar-refractivity contribution is 5.78. The van der Waals surface area contributed by atoms with Crippen LogP contribution >= 0.6 is 0 Å². The number of benzene rings is 1. The van der Waals surface area contributed by atoms with E-state index in [-0.39, 0.29) is 18.6 Å². The number of carbonyl (C=O) groups is 1. The molecule has 1 saturated heterocycles.